The molecule has 0 spiro atoms. The second-order valence-electron chi connectivity index (χ2n) is 6.12. The number of aliphatic hydroxyl groups excluding tert-OH is 6. The molecule has 23 heavy (non-hydrogen) atoms. The van der Waals surface area contributed by atoms with Gasteiger partial charge in [0, 0.05) is 5.92 Å². The molecular formula is C14H26O9. The minimum atomic E-state index is -1.53. The molecule has 2 saturated heterocycles. The van der Waals surface area contributed by atoms with Crippen LogP contribution in [-0.4, -0.2) is 92.6 Å². The Morgan fingerprint density at radius 3 is 1.91 bits per heavy atom. The fourth-order valence-corrected chi connectivity index (χ4v) is 2.88. The van der Waals surface area contributed by atoms with E-state index >= 15 is 0 Å². The summed E-state index contributed by atoms with van der Waals surface area (Å²) in [4.78, 5) is 0. The Balaban J connectivity index is 2.07. The molecule has 0 radical (unpaired) electrons. The van der Waals surface area contributed by atoms with Gasteiger partial charge in [0.25, 0.3) is 0 Å². The zero-order valence-electron chi connectivity index (χ0n) is 13.1. The lowest BCUT2D eigenvalue weighted by Crippen LogP contribution is -2.61. The molecule has 6 N–H and O–H groups in total. The fourth-order valence-electron chi connectivity index (χ4n) is 2.88. The predicted molar refractivity (Wildman–Crippen MR) is 75.0 cm³/mol. The van der Waals surface area contributed by atoms with Crippen molar-refractivity contribution in [1.82, 2.24) is 0 Å². The van der Waals surface area contributed by atoms with E-state index in [1.165, 1.54) is 0 Å². The van der Waals surface area contributed by atoms with Crippen molar-refractivity contribution in [3.05, 3.63) is 0 Å². The lowest BCUT2D eigenvalue weighted by molar-refractivity contribution is -0.371. The molecular weight excluding hydrogens is 312 g/mol. The van der Waals surface area contributed by atoms with Crippen molar-refractivity contribution in [2.24, 2.45) is 5.92 Å². The first kappa shape index (κ1) is 19.0. The van der Waals surface area contributed by atoms with Crippen LogP contribution in [0.1, 0.15) is 20.3 Å². The summed E-state index contributed by atoms with van der Waals surface area (Å²) in [6.45, 7) is 2.84. The highest BCUT2D eigenvalue weighted by Crippen LogP contribution is 2.30. The van der Waals surface area contributed by atoms with Crippen molar-refractivity contribution < 1.29 is 44.8 Å². The molecule has 2 rings (SSSR count). The minimum Gasteiger partial charge on any atom is -0.394 e. The summed E-state index contributed by atoms with van der Waals surface area (Å²) in [5, 5.41) is 58.9. The van der Waals surface area contributed by atoms with Gasteiger partial charge in [0.05, 0.1) is 18.8 Å². The van der Waals surface area contributed by atoms with Crippen LogP contribution in [0.4, 0.5) is 0 Å². The van der Waals surface area contributed by atoms with Gasteiger partial charge >= 0.3 is 0 Å². The molecule has 2 fully saturated rings. The van der Waals surface area contributed by atoms with Gasteiger partial charge in [-0.25, -0.2) is 0 Å². The van der Waals surface area contributed by atoms with Gasteiger partial charge in [0.1, 0.15) is 30.5 Å². The number of hydrogen-bond acceptors (Lipinski definition) is 9. The predicted octanol–water partition coefficient (Wildman–Crippen LogP) is -2.70. The highest BCUT2D eigenvalue weighted by atomic mass is 16.8. The maximum Gasteiger partial charge on any atom is 0.189 e. The van der Waals surface area contributed by atoms with Gasteiger partial charge in [-0.2, -0.15) is 0 Å². The summed E-state index contributed by atoms with van der Waals surface area (Å²) < 4.78 is 16.1. The molecule has 0 aromatic carbocycles. The van der Waals surface area contributed by atoms with Gasteiger partial charge in [0.15, 0.2) is 12.6 Å². The van der Waals surface area contributed by atoms with Crippen molar-refractivity contribution in [2.75, 3.05) is 6.61 Å². The lowest BCUT2D eigenvalue weighted by atomic mass is 9.91. The summed E-state index contributed by atoms with van der Waals surface area (Å²) in [6, 6.07) is 0. The molecule has 0 unspecified atom stereocenters. The average molecular weight is 338 g/mol. The molecule has 9 nitrogen and oxygen atoms in total. The highest BCUT2D eigenvalue weighted by molar-refractivity contribution is 4.91. The number of ether oxygens (including phenoxy) is 3. The minimum absolute atomic E-state index is 0.382. The van der Waals surface area contributed by atoms with Crippen LogP contribution in [0.25, 0.3) is 0 Å². The number of aliphatic hydroxyl groups is 6. The molecule has 2 aliphatic rings. The Hall–Kier alpha value is -0.360. The van der Waals surface area contributed by atoms with Crippen molar-refractivity contribution >= 4 is 0 Å². The molecule has 10 atom stereocenters. The first-order valence-corrected chi connectivity index (χ1v) is 7.79. The molecule has 9 heteroatoms. The zero-order chi connectivity index (χ0) is 17.3. The molecule has 2 aliphatic heterocycles. The Morgan fingerprint density at radius 2 is 1.35 bits per heavy atom. The van der Waals surface area contributed by atoms with E-state index in [1.807, 2.05) is 0 Å². The molecule has 0 amide bonds. The first-order valence-electron chi connectivity index (χ1n) is 7.79. The molecule has 0 aliphatic carbocycles. The second kappa shape index (κ2) is 7.68. The van der Waals surface area contributed by atoms with Crippen LogP contribution in [0.5, 0.6) is 0 Å². The van der Waals surface area contributed by atoms with Crippen LogP contribution in [0.2, 0.25) is 0 Å². The maximum atomic E-state index is 10.1. The Morgan fingerprint density at radius 1 is 0.783 bits per heavy atom. The van der Waals surface area contributed by atoms with E-state index in [0.717, 1.165) is 0 Å². The average Bonchev–Trinajstić information content (AvgIpc) is 2.55. The summed E-state index contributed by atoms with van der Waals surface area (Å²) in [6.07, 6.45) is -10.4. The molecule has 0 aromatic heterocycles. The quantitative estimate of drug-likeness (QED) is 0.322. The third-order valence-corrected chi connectivity index (χ3v) is 4.57. The first-order chi connectivity index (χ1) is 10.8. The van der Waals surface area contributed by atoms with Crippen LogP contribution >= 0.6 is 0 Å². The Bertz CT molecular complexity index is 343. The van der Waals surface area contributed by atoms with Crippen LogP contribution in [0.3, 0.4) is 0 Å². The summed E-state index contributed by atoms with van der Waals surface area (Å²) in [7, 11) is 0. The van der Waals surface area contributed by atoms with Crippen molar-refractivity contribution in [3.63, 3.8) is 0 Å². The van der Waals surface area contributed by atoms with E-state index in [4.69, 9.17) is 14.2 Å². The molecule has 0 saturated carbocycles. The van der Waals surface area contributed by atoms with Crippen molar-refractivity contribution in [1.29, 1.82) is 0 Å². The monoisotopic (exact) mass is 338 g/mol. The highest BCUT2D eigenvalue weighted by Gasteiger charge is 2.48. The number of hydrogen-bond donors (Lipinski definition) is 6. The summed E-state index contributed by atoms with van der Waals surface area (Å²) >= 11 is 0. The van der Waals surface area contributed by atoms with Gasteiger partial charge in [-0.05, 0) is 6.42 Å². The summed E-state index contributed by atoms with van der Waals surface area (Å²) in [5.74, 6) is -0.635. The van der Waals surface area contributed by atoms with Gasteiger partial charge in [-0.1, -0.05) is 13.8 Å². The molecule has 2 heterocycles. The third kappa shape index (κ3) is 3.68. The van der Waals surface area contributed by atoms with E-state index < -0.39 is 67.8 Å². The van der Waals surface area contributed by atoms with Crippen molar-refractivity contribution in [3.8, 4) is 0 Å². The largest absolute Gasteiger partial charge is 0.394 e. The lowest BCUT2D eigenvalue weighted by Gasteiger charge is -2.45. The van der Waals surface area contributed by atoms with Gasteiger partial charge in [-0.15, -0.1) is 0 Å². The normalized spacial score (nSPS) is 51.7. The molecule has 0 bridgehead atoms. The van der Waals surface area contributed by atoms with Crippen LogP contribution < -0.4 is 0 Å². The second-order valence-corrected chi connectivity index (χ2v) is 6.12. The topological polar surface area (TPSA) is 149 Å². The maximum absolute atomic E-state index is 10.1. The molecule has 0 aromatic rings. The molecule has 136 valence electrons. The van der Waals surface area contributed by atoms with Gasteiger partial charge in [0.2, 0.25) is 0 Å². The number of rotatable bonds is 4. The van der Waals surface area contributed by atoms with Crippen LogP contribution in [0.15, 0.2) is 0 Å². The Kier molecular flexibility index (Phi) is 6.34. The van der Waals surface area contributed by atoms with E-state index in [0.29, 0.717) is 6.42 Å². The van der Waals surface area contributed by atoms with Gasteiger partial charge in [-0.3, -0.25) is 0 Å². The third-order valence-electron chi connectivity index (χ3n) is 4.57. The van der Waals surface area contributed by atoms with Gasteiger partial charge < -0.3 is 44.8 Å². The smallest absolute Gasteiger partial charge is 0.189 e. The van der Waals surface area contributed by atoms with Crippen LogP contribution in [0, 0.1) is 5.92 Å². The SMILES string of the molecule is CC[C@H]1O[C@H](O[C@H]2O[C@H](CO)[C@@H](O)[C@H](C)[C@H]2O)[C@H](O)[C@@H](O)[C@@H]1O. The van der Waals surface area contributed by atoms with Crippen molar-refractivity contribution in [2.45, 2.75) is 75.6 Å². The van der Waals surface area contributed by atoms with E-state index in [2.05, 4.69) is 0 Å². The zero-order valence-corrected chi connectivity index (χ0v) is 13.1. The van der Waals surface area contributed by atoms with E-state index in [1.54, 1.807) is 13.8 Å². The Labute approximate surface area is 134 Å². The van der Waals surface area contributed by atoms with E-state index in [-0.39, 0.29) is 0 Å². The van der Waals surface area contributed by atoms with Crippen LogP contribution in [-0.2, 0) is 14.2 Å². The van der Waals surface area contributed by atoms with E-state index in [9.17, 15) is 30.6 Å². The summed E-state index contributed by atoms with van der Waals surface area (Å²) in [5.41, 5.74) is 0. The fraction of sp³-hybridized carbons (Fsp3) is 1.00. The standard InChI is InChI=1S/C14H26O9/c1-3-6-10(18)11(19)12(20)14(21-6)23-13-9(17)5(2)8(16)7(4-15)22-13/h5-20H,3-4H2,1-2H3/t5-,6+,7+,8-,9+,10+,11-,12+,13+,14+/m0/s1.